The molecule has 0 aliphatic carbocycles. The standard InChI is InChI=1S/C68H70N8O11.Na/c1-29-41(13-17-61(79)80)53-28-56-44(16-20-64(85)86)32(4)48(72-56)24-59-68(36(8)52(76-59)25-58-65(37(9)77)33(5)49(73-58)21-45(29)69-53)40(12)87-39(11)67-35(7)50-22-46-30(2)42(14-18-62(81)82)54(70-46)27-55-43(15-19-63(83)84)31(3)47(71-55)23-57-66(38(10)78)34(6)51(74-57)26-60(67)75-50;/h21-28,37-40,77-78H,13-20H2,1-12H3,(H,79,80)(H,81,82)(H,83,84)(H,85,86);/q;+1. The van der Waals surface area contributed by atoms with Crippen LogP contribution in [0.15, 0.2) is 223 Å². The molecule has 0 fully saturated rings. The molecule has 10 heterocycles. The van der Waals surface area contributed by atoms with Crippen molar-refractivity contribution >= 4 is 69.6 Å². The van der Waals surface area contributed by atoms with Crippen molar-refractivity contribution < 1.29 is 84.1 Å². The molecule has 16 bridgehead atoms. The Morgan fingerprint density at radius 2 is 0.557 bits per heavy atom. The summed E-state index contributed by atoms with van der Waals surface area (Å²) in [5.74, 6) is -3.89. The van der Waals surface area contributed by atoms with E-state index in [9.17, 15) is 49.8 Å². The smallest absolute Gasteiger partial charge is 0.481 e. The van der Waals surface area contributed by atoms with Crippen LogP contribution in [0.5, 0.6) is 0 Å². The van der Waals surface area contributed by atoms with E-state index in [-0.39, 0.29) is 80.9 Å². The predicted octanol–water partition coefficient (Wildman–Crippen LogP) is 8.27. The molecule has 0 aromatic heterocycles. The monoisotopic (exact) mass is 1200 g/mol. The zero-order chi connectivity index (χ0) is 62.8. The van der Waals surface area contributed by atoms with Crippen LogP contribution < -0.4 is 29.6 Å². The van der Waals surface area contributed by atoms with Crippen LogP contribution in [-0.2, 0) is 23.9 Å². The third kappa shape index (κ3) is 12.5. The van der Waals surface area contributed by atoms with Gasteiger partial charge in [-0.15, -0.1) is 0 Å². The maximum Gasteiger partial charge on any atom is 1.00 e. The van der Waals surface area contributed by atoms with Crippen molar-refractivity contribution in [1.82, 2.24) is 0 Å². The Hall–Kier alpha value is -8.04. The molecule has 0 aromatic rings. The molecule has 0 saturated heterocycles. The first-order chi connectivity index (χ1) is 41.2. The molecule has 4 atom stereocenters. The number of hydrogen-bond acceptors (Lipinski definition) is 15. The van der Waals surface area contributed by atoms with Crippen LogP contribution >= 0.6 is 0 Å². The quantitative estimate of drug-likeness (QED) is 0.0710. The molecule has 0 saturated carbocycles. The van der Waals surface area contributed by atoms with Crippen molar-refractivity contribution in [3.8, 4) is 0 Å². The topological polar surface area (TPSA) is 298 Å². The van der Waals surface area contributed by atoms with E-state index in [1.165, 1.54) is 0 Å². The number of aliphatic hydroxyl groups excluding tert-OH is 2. The fourth-order valence-electron chi connectivity index (χ4n) is 12.7. The number of hydrogen-bond donors (Lipinski definition) is 6. The maximum absolute atomic E-state index is 12.1. The number of fused-ring (bicyclic) bond motifs is 8. The van der Waals surface area contributed by atoms with Crippen LogP contribution in [0.3, 0.4) is 0 Å². The first kappa shape index (κ1) is 64.4. The van der Waals surface area contributed by atoms with Gasteiger partial charge in [-0.25, -0.2) is 39.9 Å². The van der Waals surface area contributed by atoms with Gasteiger partial charge in [0.25, 0.3) is 0 Å². The van der Waals surface area contributed by atoms with E-state index < -0.39 is 48.3 Å². The molecule has 448 valence electrons. The van der Waals surface area contributed by atoms with Crippen LogP contribution in [0.2, 0.25) is 0 Å². The van der Waals surface area contributed by atoms with Gasteiger partial charge in [0.05, 0.1) is 116 Å². The number of allylic oxidation sites excluding steroid dienone is 20. The number of ether oxygens (including phenoxy) is 1. The average molecular weight is 1200 g/mol. The Bertz CT molecular complexity index is 4100. The summed E-state index contributed by atoms with van der Waals surface area (Å²) in [5, 5.41) is 62.1. The Kier molecular flexibility index (Phi) is 18.7. The van der Waals surface area contributed by atoms with Gasteiger partial charge < -0.3 is 35.4 Å². The molecule has 88 heavy (non-hydrogen) atoms. The number of aliphatic carboxylic acids is 4. The van der Waals surface area contributed by atoms with Crippen molar-refractivity contribution in [2.45, 2.75) is 159 Å². The summed E-state index contributed by atoms with van der Waals surface area (Å²) in [7, 11) is 0. The maximum atomic E-state index is 12.1. The molecule has 0 spiro atoms. The third-order valence-electron chi connectivity index (χ3n) is 17.4. The zero-order valence-electron chi connectivity index (χ0n) is 51.9. The number of carboxylic acids is 4. The fourth-order valence-corrected chi connectivity index (χ4v) is 12.7. The minimum absolute atomic E-state index is 0. The van der Waals surface area contributed by atoms with Gasteiger partial charge in [-0.05, 0) is 224 Å². The van der Waals surface area contributed by atoms with Gasteiger partial charge in [0.15, 0.2) is 0 Å². The normalized spacial score (nSPS) is 21.2. The third-order valence-corrected chi connectivity index (χ3v) is 17.4. The second-order valence-corrected chi connectivity index (χ2v) is 23.1. The van der Waals surface area contributed by atoms with Crippen LogP contribution in [0, 0.1) is 0 Å². The molecule has 10 aliphatic rings. The molecule has 0 amide bonds. The van der Waals surface area contributed by atoms with E-state index in [1.807, 2.05) is 99.6 Å². The van der Waals surface area contributed by atoms with E-state index in [1.54, 1.807) is 32.1 Å². The Balaban J connectivity index is 0.00000922. The van der Waals surface area contributed by atoms with Gasteiger partial charge in [-0.2, -0.15) is 0 Å². The van der Waals surface area contributed by atoms with Crippen molar-refractivity contribution in [2.24, 2.45) is 39.9 Å². The van der Waals surface area contributed by atoms with Crippen LogP contribution in [-0.4, -0.2) is 125 Å². The minimum atomic E-state index is -0.978. The fraction of sp³-hybridized carbons (Fsp3) is 0.353. The van der Waals surface area contributed by atoms with Crippen LogP contribution in [0.25, 0.3) is 0 Å². The largest absolute Gasteiger partial charge is 1.00 e. The van der Waals surface area contributed by atoms with Crippen molar-refractivity contribution in [1.29, 1.82) is 0 Å². The molecule has 10 aliphatic heterocycles. The summed E-state index contributed by atoms with van der Waals surface area (Å²) in [6.07, 6.45) is 11.6. The average Bonchev–Trinajstić information content (AvgIpc) is 1.69. The van der Waals surface area contributed by atoms with E-state index in [0.29, 0.717) is 125 Å². The van der Waals surface area contributed by atoms with Gasteiger partial charge in [0, 0.05) is 48.0 Å². The van der Waals surface area contributed by atoms with Crippen LogP contribution in [0.4, 0.5) is 0 Å². The van der Waals surface area contributed by atoms with E-state index >= 15 is 0 Å². The first-order valence-electron chi connectivity index (χ1n) is 29.2. The summed E-state index contributed by atoms with van der Waals surface area (Å²) in [5.41, 5.74) is 20.1. The Labute approximate surface area is 532 Å². The first-order valence-corrected chi connectivity index (χ1v) is 29.2. The molecule has 0 radical (unpaired) electrons. The summed E-state index contributed by atoms with van der Waals surface area (Å²) >= 11 is 0. The summed E-state index contributed by atoms with van der Waals surface area (Å²) in [6, 6.07) is 0. The zero-order valence-corrected chi connectivity index (χ0v) is 53.9. The molecular formula is C68H70N8NaO11+. The van der Waals surface area contributed by atoms with Gasteiger partial charge in [0.1, 0.15) is 0 Å². The van der Waals surface area contributed by atoms with E-state index in [2.05, 4.69) is 0 Å². The number of nitrogens with zero attached hydrogens (tertiary/aromatic N) is 8. The predicted molar refractivity (Wildman–Crippen MR) is 337 cm³/mol. The SMILES string of the molecule is CC1=C(CCC(=O)O)C2=CC3=NC(=CC4=NC(=CC5=NC(=CC1=N2)C(C(C)O)=C5C)C(C(C)OC(C)C1=C(C)C2=NC1=CC1=NC(=CC5=NC(=CC6=NC(=C2)C(C(C)O)=C6C)C(C)=C5CCC(=O)O)C(CCC(=O)O)=C1C)=C4C)C(C)=C3CCC(=O)O.[Na+]. The molecule has 6 N–H and O–H groups in total. The van der Waals surface area contributed by atoms with Gasteiger partial charge >= 0.3 is 53.4 Å². The number of aliphatic hydroxyl groups is 2. The number of carbonyl (C=O) groups is 4. The molecule has 10 rings (SSSR count). The second-order valence-electron chi connectivity index (χ2n) is 23.1. The summed E-state index contributed by atoms with van der Waals surface area (Å²) < 4.78 is 7.22. The number of rotatable bonds is 18. The van der Waals surface area contributed by atoms with Crippen molar-refractivity contribution in [3.63, 3.8) is 0 Å². The summed E-state index contributed by atoms with van der Waals surface area (Å²) in [6.45, 7) is 22.5. The number of carboxylic acid groups (broad SMARTS) is 4. The Morgan fingerprint density at radius 3 is 0.852 bits per heavy atom. The Morgan fingerprint density at radius 1 is 0.330 bits per heavy atom. The van der Waals surface area contributed by atoms with E-state index in [4.69, 9.17) is 44.7 Å². The molecule has 19 nitrogen and oxygen atoms in total. The van der Waals surface area contributed by atoms with Gasteiger partial charge in [0.2, 0.25) is 0 Å². The number of aliphatic imine (C=N–C) groups is 8. The van der Waals surface area contributed by atoms with Crippen molar-refractivity contribution in [2.75, 3.05) is 0 Å². The van der Waals surface area contributed by atoms with Crippen molar-refractivity contribution in [3.05, 3.63) is 183 Å². The summed E-state index contributed by atoms with van der Waals surface area (Å²) in [4.78, 5) is 89.2. The molecule has 0 aromatic carbocycles. The minimum Gasteiger partial charge on any atom is -0.481 e. The molecule has 4 unspecified atom stereocenters. The molecule has 20 heteroatoms. The molecular weight excluding hydrogens is 1130 g/mol. The van der Waals surface area contributed by atoms with E-state index in [0.717, 1.165) is 55.7 Å². The van der Waals surface area contributed by atoms with Gasteiger partial charge in [-0.3, -0.25) is 19.2 Å². The van der Waals surface area contributed by atoms with Crippen LogP contribution in [0.1, 0.15) is 134 Å². The van der Waals surface area contributed by atoms with Gasteiger partial charge in [-0.1, -0.05) is 0 Å². The second kappa shape index (κ2) is 25.6.